The number of nitrogens with zero attached hydrogens (tertiary/aromatic N) is 4. The lowest BCUT2D eigenvalue weighted by molar-refractivity contribution is -0.138. The van der Waals surface area contributed by atoms with Gasteiger partial charge < -0.3 is 41.7 Å². The zero-order chi connectivity index (χ0) is 30.1. The fourth-order valence-electron chi connectivity index (χ4n) is 1.01. The van der Waals surface area contributed by atoms with Gasteiger partial charge in [0.2, 0.25) is 29.5 Å². The van der Waals surface area contributed by atoms with Crippen LogP contribution in [0.15, 0.2) is 8.83 Å². The van der Waals surface area contributed by atoms with Gasteiger partial charge in [-0.25, -0.2) is 5.84 Å². The third kappa shape index (κ3) is 94.0. The molecule has 17 nitrogen and oxygen atoms in total. The summed E-state index contributed by atoms with van der Waals surface area (Å²) in [5.74, 6) is 6.89. The van der Waals surface area contributed by atoms with E-state index in [-0.39, 0.29) is 53.6 Å². The molecule has 0 aliphatic rings. The first-order valence-electron chi connectivity index (χ1n) is 10.4. The Bertz CT molecular complexity index is 643. The second-order valence-electron chi connectivity index (χ2n) is 5.07. The van der Waals surface area contributed by atoms with Crippen LogP contribution in [0.3, 0.4) is 0 Å². The van der Waals surface area contributed by atoms with E-state index in [1.54, 1.807) is 34.6 Å². The van der Waals surface area contributed by atoms with Gasteiger partial charge in [-0.2, -0.15) is 0 Å². The summed E-state index contributed by atoms with van der Waals surface area (Å²) in [5.41, 5.74) is 15.4. The monoisotopic (exact) mass is 606 g/mol. The summed E-state index contributed by atoms with van der Waals surface area (Å²) >= 11 is 0. The molecule has 0 aromatic carbocycles. The van der Waals surface area contributed by atoms with Crippen LogP contribution in [0.2, 0.25) is 0 Å². The molecule has 1 amide bonds. The smallest absolute Gasteiger partial charge is 0.302 e. The largest absolute Gasteiger partial charge is 0.482 e. The van der Waals surface area contributed by atoms with Crippen LogP contribution in [0.25, 0.3) is 0 Å². The Morgan fingerprint density at radius 3 is 0.976 bits per heavy atom. The number of aromatic nitrogens is 4. The topological polar surface area (TPSA) is 305 Å². The van der Waals surface area contributed by atoms with Crippen molar-refractivity contribution in [3.8, 4) is 0 Å². The Morgan fingerprint density at radius 1 is 0.756 bits per heavy atom. The molecule has 13 N–H and O–H groups in total. The van der Waals surface area contributed by atoms with E-state index in [2.05, 4.69) is 52.9 Å². The Labute approximate surface area is 250 Å². The Hall–Kier alpha value is -3.51. The molecule has 2 rings (SSSR count). The maximum Gasteiger partial charge on any atom is 0.302 e. The minimum Gasteiger partial charge on any atom is -0.482 e. The van der Waals surface area contributed by atoms with Crippen molar-refractivity contribution in [3.05, 3.63) is 23.6 Å². The molecule has 0 aliphatic carbocycles. The fourth-order valence-corrected chi connectivity index (χ4v) is 1.01. The molecule has 0 fully saturated rings. The number of nitrogens with two attached hydrogens (primary N) is 4. The van der Waals surface area contributed by atoms with Gasteiger partial charge in [0.1, 0.15) is 0 Å². The van der Waals surface area contributed by atoms with Crippen molar-refractivity contribution < 1.29 is 27.9 Å². The number of aryl methyl sites for hydroxylation is 4. The molecule has 0 atom stereocenters. The number of nitrogens with one attached hydrogen (secondary N) is 2. The molecule has 2 heterocycles. The van der Waals surface area contributed by atoms with Crippen LogP contribution in [-0.4, -0.2) is 73.0 Å². The third-order valence-electron chi connectivity index (χ3n) is 2.11. The average Bonchev–Trinajstić information content (AvgIpc) is 3.44. The lowest BCUT2D eigenvalue weighted by Crippen LogP contribution is -2.26. The van der Waals surface area contributed by atoms with Gasteiger partial charge in [-0.15, -0.1) is 20.4 Å². The summed E-state index contributed by atoms with van der Waals surface area (Å²) in [6.45, 7) is 13.8. The van der Waals surface area contributed by atoms with E-state index in [0.717, 1.165) is 0 Å². The van der Waals surface area contributed by atoms with Crippen LogP contribution in [0.1, 0.15) is 81.0 Å². The first-order valence-corrected chi connectivity index (χ1v) is 10.4. The number of esters is 1. The second kappa shape index (κ2) is 60.8. The highest BCUT2D eigenvalue weighted by molar-refractivity contribution is 5.71. The van der Waals surface area contributed by atoms with Crippen LogP contribution in [0.5, 0.6) is 0 Å². The van der Waals surface area contributed by atoms with Crippen molar-refractivity contribution in [2.45, 2.75) is 85.1 Å². The van der Waals surface area contributed by atoms with Gasteiger partial charge >= 0.3 is 5.97 Å². The molecular weight excluding hydrogens is 538 g/mol. The number of hydrazine groups is 1. The van der Waals surface area contributed by atoms with Crippen molar-refractivity contribution in [1.29, 1.82) is 5.41 Å². The van der Waals surface area contributed by atoms with Crippen molar-refractivity contribution >= 4 is 17.8 Å². The number of rotatable bonds is 1. The average molecular weight is 606 g/mol. The molecule has 0 unspecified atom stereocenters. The van der Waals surface area contributed by atoms with E-state index in [0.29, 0.717) is 30.2 Å². The van der Waals surface area contributed by atoms with Crippen molar-refractivity contribution in [2.24, 2.45) is 23.0 Å². The van der Waals surface area contributed by atoms with Gasteiger partial charge in [0.25, 0.3) is 0 Å². The first kappa shape index (κ1) is 71.1. The van der Waals surface area contributed by atoms with Crippen LogP contribution in [0, 0.1) is 33.1 Å². The summed E-state index contributed by atoms with van der Waals surface area (Å²) in [6.07, 6.45) is 0. The minimum atomic E-state index is -0.245. The number of hydrogen-bond donors (Lipinski definition) is 7. The molecule has 0 spiro atoms. The van der Waals surface area contributed by atoms with Gasteiger partial charge in [-0.05, 0) is 28.1 Å². The van der Waals surface area contributed by atoms with Crippen LogP contribution in [0.4, 0.5) is 0 Å². The summed E-state index contributed by atoms with van der Waals surface area (Å²) in [7, 11) is 5.85. The minimum absolute atomic E-state index is 0. The van der Waals surface area contributed by atoms with E-state index in [9.17, 15) is 9.59 Å². The summed E-state index contributed by atoms with van der Waals surface area (Å²) in [4.78, 5) is 19.2. The number of hydrogen-bond acceptors (Lipinski definition) is 16. The maximum absolute atomic E-state index is 9.59. The van der Waals surface area contributed by atoms with E-state index in [1.165, 1.54) is 42.1 Å². The van der Waals surface area contributed by atoms with Crippen LogP contribution >= 0.6 is 0 Å². The predicted molar refractivity (Wildman–Crippen MR) is 171 cm³/mol. The van der Waals surface area contributed by atoms with Gasteiger partial charge in [-0.3, -0.25) is 20.4 Å². The van der Waals surface area contributed by atoms with Crippen LogP contribution in [-0.2, 0) is 19.1 Å². The summed E-state index contributed by atoms with van der Waals surface area (Å²) in [6, 6.07) is 0. The van der Waals surface area contributed by atoms with Gasteiger partial charge in [0.05, 0.1) is 13.7 Å². The van der Waals surface area contributed by atoms with Crippen molar-refractivity contribution in [1.82, 2.24) is 32.0 Å². The fraction of sp³-hybridized carbons (Fsp3) is 0.708. The zero-order valence-electron chi connectivity index (χ0n) is 24.5. The van der Waals surface area contributed by atoms with Gasteiger partial charge in [0.15, 0.2) is 5.90 Å². The Morgan fingerprint density at radius 2 is 0.951 bits per heavy atom. The molecule has 41 heavy (non-hydrogen) atoms. The number of amides is 1. The van der Waals surface area contributed by atoms with Crippen molar-refractivity contribution in [3.63, 3.8) is 0 Å². The highest BCUT2D eigenvalue weighted by Crippen LogP contribution is 1.92. The van der Waals surface area contributed by atoms with Crippen LogP contribution < -0.4 is 34.6 Å². The molecule has 17 heteroatoms. The van der Waals surface area contributed by atoms with Crippen molar-refractivity contribution in [2.75, 3.05) is 34.9 Å². The van der Waals surface area contributed by atoms with E-state index in [4.69, 9.17) is 14.2 Å². The van der Waals surface area contributed by atoms with E-state index >= 15 is 0 Å². The Kier molecular flexibility index (Phi) is 106. The second-order valence-corrected chi connectivity index (χ2v) is 5.07. The number of methoxy groups -OCH3 is 1. The molecule has 0 saturated heterocycles. The number of carbonyl (C=O) groups excluding carboxylic acids is 2. The molecule has 0 bridgehead atoms. The third-order valence-corrected chi connectivity index (χ3v) is 2.11. The molecule has 2 aromatic rings. The predicted octanol–water partition coefficient (Wildman–Crippen LogP) is 3.00. The molecule has 0 saturated carbocycles. The van der Waals surface area contributed by atoms with E-state index in [1.807, 2.05) is 12.3 Å². The molecular formula is C24H67N11O6. The highest BCUT2D eigenvalue weighted by atomic mass is 16.5. The summed E-state index contributed by atoms with van der Waals surface area (Å²) in [5, 5.41) is 21.1. The molecule has 2 aromatic heterocycles. The van der Waals surface area contributed by atoms with Gasteiger partial charge in [-0.1, -0.05) is 29.7 Å². The maximum atomic E-state index is 9.59. The molecule has 254 valence electrons. The normalized spacial score (nSPS) is 6.44. The number of ether oxygens (including phenoxy) is 2. The standard InChI is InChI=1S/2C4H6N2O.C4H9NO.C3H6O2.C2H6N2O.3CH5N.4CH4.H3N/c2*1-3-5-6-4(2)7-3;1-3-6-4(2)5;1-3(4)5-2;1-2(5)4-3;3*1-2;;;;;/h2*1-2H3;5H,3H2,1-2H3;1-2H3;3H2,1H3,(H,4,5);3*2H2,1H3;4*1H4;1H3. The van der Waals surface area contributed by atoms with Gasteiger partial charge in [0, 0.05) is 48.5 Å². The first-order chi connectivity index (χ1) is 16.9. The number of carbonyl (C=O) groups is 2. The quantitative estimate of drug-likeness (QED) is 0.0613. The SMILES string of the molecule is C.C.C.C.CC(=O)NN.CCOC(C)=N.CN.CN.CN.COC(C)=O.Cc1nnc(C)o1.Cc1nnc(C)o1.N. The molecule has 0 aliphatic heterocycles. The zero-order valence-corrected chi connectivity index (χ0v) is 24.5. The summed E-state index contributed by atoms with van der Waals surface area (Å²) < 4.78 is 18.5. The lowest BCUT2D eigenvalue weighted by atomic mass is 10.7. The lowest BCUT2D eigenvalue weighted by Gasteiger charge is -1.93. The Balaban J connectivity index is -0.0000000285. The highest BCUT2D eigenvalue weighted by Gasteiger charge is 1.90. The molecule has 0 radical (unpaired) electrons. The van der Waals surface area contributed by atoms with E-state index < -0.39 is 0 Å².